The highest BCUT2D eigenvalue weighted by Crippen LogP contribution is 2.29. The van der Waals surface area contributed by atoms with Crippen LogP contribution in [0.1, 0.15) is 12.2 Å². The average molecular weight is 298 g/mol. The van der Waals surface area contributed by atoms with Crippen LogP contribution in [0.2, 0.25) is 5.02 Å². The third-order valence-corrected chi connectivity index (χ3v) is 3.31. The number of oxazole rings is 1. The van der Waals surface area contributed by atoms with Gasteiger partial charge in [0.1, 0.15) is 11.5 Å². The van der Waals surface area contributed by atoms with Gasteiger partial charge in [-0.25, -0.2) is 4.98 Å². The monoisotopic (exact) mass is 297 g/mol. The molecule has 2 aromatic rings. The van der Waals surface area contributed by atoms with Gasteiger partial charge >= 0.3 is 5.97 Å². The van der Waals surface area contributed by atoms with Gasteiger partial charge in [0.15, 0.2) is 0 Å². The molecule has 2 rings (SSSR count). The number of aliphatic carboxylic acids is 1. The highest BCUT2D eigenvalue weighted by molar-refractivity contribution is 7.98. The number of halogens is 1. The van der Waals surface area contributed by atoms with Gasteiger partial charge in [-0.2, -0.15) is 0 Å². The summed E-state index contributed by atoms with van der Waals surface area (Å²) < 4.78 is 5.55. The lowest BCUT2D eigenvalue weighted by Crippen LogP contribution is -1.97. The van der Waals surface area contributed by atoms with Crippen LogP contribution in [-0.2, 0) is 11.2 Å². The quantitative estimate of drug-likeness (QED) is 0.852. The fourth-order valence-electron chi connectivity index (χ4n) is 1.64. The van der Waals surface area contributed by atoms with E-state index in [1.807, 2.05) is 18.4 Å². The second kappa shape index (κ2) is 6.12. The van der Waals surface area contributed by atoms with E-state index in [-0.39, 0.29) is 6.42 Å². The summed E-state index contributed by atoms with van der Waals surface area (Å²) in [7, 11) is 0. The normalized spacial score (nSPS) is 10.6. The maximum Gasteiger partial charge on any atom is 0.303 e. The number of carboxylic acids is 1. The third-order valence-electron chi connectivity index (χ3n) is 2.54. The molecule has 0 saturated carbocycles. The van der Waals surface area contributed by atoms with E-state index < -0.39 is 5.97 Å². The number of hydrogen-bond donors (Lipinski definition) is 1. The smallest absolute Gasteiger partial charge is 0.303 e. The van der Waals surface area contributed by atoms with Crippen molar-refractivity contribution in [3.8, 4) is 11.3 Å². The minimum Gasteiger partial charge on any atom is -0.481 e. The molecule has 0 aliphatic heterocycles. The molecule has 19 heavy (non-hydrogen) atoms. The van der Waals surface area contributed by atoms with Crippen molar-refractivity contribution in [1.29, 1.82) is 0 Å². The molecule has 1 aromatic carbocycles. The van der Waals surface area contributed by atoms with Crippen LogP contribution in [0.5, 0.6) is 0 Å². The number of carboxylic acid groups (broad SMARTS) is 1. The van der Waals surface area contributed by atoms with Gasteiger partial charge in [-0.3, -0.25) is 4.79 Å². The lowest BCUT2D eigenvalue weighted by molar-refractivity contribution is -0.137. The van der Waals surface area contributed by atoms with Crippen molar-refractivity contribution >= 4 is 29.3 Å². The summed E-state index contributed by atoms with van der Waals surface area (Å²) >= 11 is 7.23. The van der Waals surface area contributed by atoms with Gasteiger partial charge in [0, 0.05) is 17.0 Å². The highest BCUT2D eigenvalue weighted by atomic mass is 35.5. The fourth-order valence-corrected chi connectivity index (χ4v) is 2.13. The van der Waals surface area contributed by atoms with Gasteiger partial charge in [0.05, 0.1) is 6.42 Å². The molecule has 6 heteroatoms. The Balaban J connectivity index is 2.34. The molecule has 0 fully saturated rings. The summed E-state index contributed by atoms with van der Waals surface area (Å²) in [5.74, 6) is -0.266. The number of hydrogen-bond acceptors (Lipinski definition) is 4. The first-order valence-corrected chi connectivity index (χ1v) is 7.22. The number of carbonyl (C=O) groups is 1. The van der Waals surface area contributed by atoms with E-state index in [0.717, 1.165) is 5.56 Å². The molecular formula is C13H12ClNO3S. The van der Waals surface area contributed by atoms with Crippen LogP contribution >= 0.6 is 23.4 Å². The first-order chi connectivity index (χ1) is 9.10. The summed E-state index contributed by atoms with van der Waals surface area (Å²) in [5.41, 5.74) is 1.55. The van der Waals surface area contributed by atoms with Crippen molar-refractivity contribution in [3.63, 3.8) is 0 Å². The zero-order valence-corrected chi connectivity index (χ0v) is 11.8. The Morgan fingerprint density at radius 2 is 2.11 bits per heavy atom. The lowest BCUT2D eigenvalue weighted by Gasteiger charge is -2.00. The van der Waals surface area contributed by atoms with Crippen LogP contribution in [0.15, 0.2) is 33.9 Å². The van der Waals surface area contributed by atoms with Crippen LogP contribution < -0.4 is 0 Å². The van der Waals surface area contributed by atoms with Crippen molar-refractivity contribution in [2.45, 2.75) is 18.1 Å². The summed E-state index contributed by atoms with van der Waals surface area (Å²) in [6.07, 6.45) is 2.20. The van der Waals surface area contributed by atoms with Crippen LogP contribution in [0, 0.1) is 0 Å². The van der Waals surface area contributed by atoms with Crippen molar-refractivity contribution in [2.75, 3.05) is 6.26 Å². The van der Waals surface area contributed by atoms with E-state index in [4.69, 9.17) is 21.1 Å². The maximum atomic E-state index is 10.7. The average Bonchev–Trinajstić information content (AvgIpc) is 2.80. The number of aryl methyl sites for hydroxylation is 1. The Labute approximate surface area is 119 Å². The summed E-state index contributed by atoms with van der Waals surface area (Å²) in [6.45, 7) is 0. The molecule has 0 atom stereocenters. The first kappa shape index (κ1) is 14.0. The Morgan fingerprint density at radius 1 is 1.42 bits per heavy atom. The van der Waals surface area contributed by atoms with Crippen molar-refractivity contribution in [3.05, 3.63) is 35.0 Å². The van der Waals surface area contributed by atoms with Gasteiger partial charge in [0.25, 0.3) is 5.22 Å². The second-order valence-electron chi connectivity index (χ2n) is 3.86. The zero-order chi connectivity index (χ0) is 13.8. The molecule has 0 radical (unpaired) electrons. The van der Waals surface area contributed by atoms with Crippen molar-refractivity contribution < 1.29 is 14.3 Å². The predicted molar refractivity (Wildman–Crippen MR) is 74.7 cm³/mol. The molecule has 100 valence electrons. The molecule has 0 spiro atoms. The molecule has 0 unspecified atom stereocenters. The molecule has 1 heterocycles. The van der Waals surface area contributed by atoms with E-state index in [1.54, 1.807) is 12.1 Å². The van der Waals surface area contributed by atoms with Crippen LogP contribution in [-0.4, -0.2) is 22.3 Å². The number of rotatable bonds is 5. The Hall–Kier alpha value is -1.46. The number of aromatic nitrogens is 1. The number of nitrogens with zero attached hydrogens (tertiary/aromatic N) is 1. The lowest BCUT2D eigenvalue weighted by atomic mass is 10.1. The van der Waals surface area contributed by atoms with E-state index in [1.165, 1.54) is 11.8 Å². The van der Waals surface area contributed by atoms with Gasteiger partial charge in [-0.1, -0.05) is 35.5 Å². The predicted octanol–water partition coefficient (Wildman–Crippen LogP) is 3.73. The molecule has 0 amide bonds. The molecular weight excluding hydrogens is 286 g/mol. The van der Waals surface area contributed by atoms with E-state index >= 15 is 0 Å². The second-order valence-corrected chi connectivity index (χ2v) is 5.05. The third kappa shape index (κ3) is 3.52. The maximum absolute atomic E-state index is 10.7. The van der Waals surface area contributed by atoms with Gasteiger partial charge in [0.2, 0.25) is 0 Å². The summed E-state index contributed by atoms with van der Waals surface area (Å²) in [5, 5.41) is 9.93. The van der Waals surface area contributed by atoms with Gasteiger partial charge in [-0.05, 0) is 18.4 Å². The molecule has 1 N–H and O–H groups in total. The van der Waals surface area contributed by atoms with Gasteiger partial charge < -0.3 is 9.52 Å². The fraction of sp³-hybridized carbons (Fsp3) is 0.231. The largest absolute Gasteiger partial charge is 0.481 e. The first-order valence-electron chi connectivity index (χ1n) is 5.61. The van der Waals surface area contributed by atoms with Crippen LogP contribution in [0.3, 0.4) is 0 Å². The number of thioether (sulfide) groups is 1. The number of benzene rings is 1. The summed E-state index contributed by atoms with van der Waals surface area (Å²) in [6, 6.07) is 7.22. The van der Waals surface area contributed by atoms with Crippen molar-refractivity contribution in [1.82, 2.24) is 4.98 Å². The summed E-state index contributed by atoms with van der Waals surface area (Å²) in [4.78, 5) is 15.0. The molecule has 1 aromatic heterocycles. The van der Waals surface area contributed by atoms with E-state index in [9.17, 15) is 4.79 Å². The minimum absolute atomic E-state index is 0.0175. The minimum atomic E-state index is -0.857. The Morgan fingerprint density at radius 3 is 2.68 bits per heavy atom. The molecule has 0 aliphatic carbocycles. The molecule has 0 bridgehead atoms. The topological polar surface area (TPSA) is 63.3 Å². The molecule has 0 saturated heterocycles. The molecule has 0 aliphatic rings. The zero-order valence-electron chi connectivity index (χ0n) is 10.2. The Kier molecular flexibility index (Phi) is 4.50. The van der Waals surface area contributed by atoms with Crippen LogP contribution in [0.25, 0.3) is 11.3 Å². The molecule has 4 nitrogen and oxygen atoms in total. The van der Waals surface area contributed by atoms with E-state index in [2.05, 4.69) is 4.98 Å². The standard InChI is InChI=1S/C13H12ClNO3S/c1-19-13-15-12(8-2-4-9(14)5-3-8)10(18-13)6-7-11(16)17/h2-5H,6-7H2,1H3,(H,16,17). The van der Waals surface area contributed by atoms with E-state index in [0.29, 0.717) is 28.1 Å². The Bertz CT molecular complexity index is 580. The van der Waals surface area contributed by atoms with Gasteiger partial charge in [-0.15, -0.1) is 0 Å². The van der Waals surface area contributed by atoms with Crippen LogP contribution in [0.4, 0.5) is 0 Å². The highest BCUT2D eigenvalue weighted by Gasteiger charge is 2.15. The SMILES string of the molecule is CSc1nc(-c2ccc(Cl)cc2)c(CCC(=O)O)o1. The van der Waals surface area contributed by atoms with Crippen molar-refractivity contribution in [2.24, 2.45) is 0 Å².